The molecule has 1 aliphatic heterocycles. The molecule has 21 heavy (non-hydrogen) atoms. The molecular formula is C13H12N2O5S. The molecule has 0 saturated carbocycles. The van der Waals surface area contributed by atoms with Crippen molar-refractivity contribution in [1.29, 1.82) is 0 Å². The van der Waals surface area contributed by atoms with Crippen LogP contribution >= 0.6 is 11.3 Å². The molecule has 0 radical (unpaired) electrons. The Labute approximate surface area is 123 Å². The van der Waals surface area contributed by atoms with Crippen LogP contribution in [0, 0.1) is 0 Å². The summed E-state index contributed by atoms with van der Waals surface area (Å²) in [6.45, 7) is -0.0169. The largest absolute Gasteiger partial charge is 0.480 e. The van der Waals surface area contributed by atoms with Crippen LogP contribution in [0.2, 0.25) is 0 Å². The number of β-amino-alcohol motifs (C(OH)–C–C–N with tert-alkyl or cyclic N) is 1. The zero-order valence-corrected chi connectivity index (χ0v) is 11.6. The van der Waals surface area contributed by atoms with Gasteiger partial charge in [-0.05, 0) is 11.4 Å². The van der Waals surface area contributed by atoms with Crippen molar-refractivity contribution in [2.45, 2.75) is 18.6 Å². The average Bonchev–Trinajstić information content (AvgIpc) is 3.17. The van der Waals surface area contributed by atoms with Crippen LogP contribution in [0.5, 0.6) is 0 Å². The van der Waals surface area contributed by atoms with E-state index in [1.54, 1.807) is 0 Å². The molecular weight excluding hydrogens is 296 g/mol. The summed E-state index contributed by atoms with van der Waals surface area (Å²) in [4.78, 5) is 25.4. The predicted octanol–water partition coefficient (Wildman–Crippen LogP) is 1.06. The molecule has 0 aliphatic carbocycles. The minimum atomic E-state index is -1.14. The van der Waals surface area contributed by atoms with E-state index in [0.717, 1.165) is 9.78 Å². The van der Waals surface area contributed by atoms with Crippen LogP contribution in [0.1, 0.15) is 16.9 Å². The number of carboxylic acid groups (broad SMARTS) is 1. The zero-order chi connectivity index (χ0) is 15.0. The molecule has 2 N–H and O–H groups in total. The number of aliphatic hydroxyl groups is 1. The predicted molar refractivity (Wildman–Crippen MR) is 72.9 cm³/mol. The van der Waals surface area contributed by atoms with E-state index in [-0.39, 0.29) is 18.7 Å². The van der Waals surface area contributed by atoms with E-state index < -0.39 is 24.0 Å². The lowest BCUT2D eigenvalue weighted by atomic mass is 10.2. The summed E-state index contributed by atoms with van der Waals surface area (Å²) >= 11 is 1.45. The molecule has 1 saturated heterocycles. The number of amides is 1. The number of hydrogen-bond donors (Lipinski definition) is 2. The van der Waals surface area contributed by atoms with Crippen molar-refractivity contribution in [3.63, 3.8) is 0 Å². The van der Waals surface area contributed by atoms with E-state index >= 15 is 0 Å². The van der Waals surface area contributed by atoms with Crippen LogP contribution in [0.3, 0.4) is 0 Å². The van der Waals surface area contributed by atoms with Gasteiger partial charge < -0.3 is 19.6 Å². The van der Waals surface area contributed by atoms with Crippen LogP contribution in [0.15, 0.2) is 28.1 Å². The van der Waals surface area contributed by atoms with Crippen molar-refractivity contribution in [2.24, 2.45) is 0 Å². The number of thiophene rings is 1. The van der Waals surface area contributed by atoms with Crippen LogP contribution in [0.25, 0.3) is 10.6 Å². The van der Waals surface area contributed by atoms with Gasteiger partial charge in [0, 0.05) is 19.0 Å². The maximum atomic E-state index is 12.3. The summed E-state index contributed by atoms with van der Waals surface area (Å²) < 4.78 is 5.12. The number of carboxylic acids is 1. The second-order valence-electron chi connectivity index (χ2n) is 4.75. The van der Waals surface area contributed by atoms with Crippen molar-refractivity contribution in [3.05, 3.63) is 29.3 Å². The minimum absolute atomic E-state index is 0.0169. The Bertz CT molecular complexity index is 666. The van der Waals surface area contributed by atoms with Gasteiger partial charge in [-0.1, -0.05) is 11.2 Å². The molecule has 110 valence electrons. The average molecular weight is 308 g/mol. The summed E-state index contributed by atoms with van der Waals surface area (Å²) in [6.07, 6.45) is -0.810. The molecule has 3 rings (SSSR count). The topological polar surface area (TPSA) is 104 Å². The highest BCUT2D eigenvalue weighted by molar-refractivity contribution is 7.13. The SMILES string of the molecule is O=C(O)[C@@H]1C[C@H](O)CN1C(=O)c1cc(-c2cccs2)on1. The maximum absolute atomic E-state index is 12.3. The zero-order valence-electron chi connectivity index (χ0n) is 10.8. The third kappa shape index (κ3) is 2.55. The van der Waals surface area contributed by atoms with Gasteiger partial charge in [0.2, 0.25) is 0 Å². The third-order valence-electron chi connectivity index (χ3n) is 3.32. The Morgan fingerprint density at radius 1 is 1.48 bits per heavy atom. The molecule has 2 aromatic heterocycles. The summed E-state index contributed by atoms with van der Waals surface area (Å²) in [5.41, 5.74) is 0.0405. The van der Waals surface area contributed by atoms with Crippen LogP contribution in [0.4, 0.5) is 0 Å². The quantitative estimate of drug-likeness (QED) is 0.878. The van der Waals surface area contributed by atoms with Crippen molar-refractivity contribution < 1.29 is 24.3 Å². The second kappa shape index (κ2) is 5.30. The fraction of sp³-hybridized carbons (Fsp3) is 0.308. The van der Waals surface area contributed by atoms with Gasteiger partial charge in [-0.15, -0.1) is 11.3 Å². The molecule has 7 nitrogen and oxygen atoms in total. The summed E-state index contributed by atoms with van der Waals surface area (Å²) in [5.74, 6) is -1.23. The van der Waals surface area contributed by atoms with E-state index in [9.17, 15) is 14.7 Å². The molecule has 0 aromatic carbocycles. The lowest BCUT2D eigenvalue weighted by Gasteiger charge is -2.19. The van der Waals surface area contributed by atoms with Crippen molar-refractivity contribution in [3.8, 4) is 10.6 Å². The standard InChI is InChI=1S/C13H12N2O5S/c16-7-4-9(13(18)19)15(6-7)12(17)8-5-10(20-14-8)11-2-1-3-21-11/h1-3,5,7,9,16H,4,6H2,(H,18,19)/t7-,9-/m0/s1. The second-order valence-corrected chi connectivity index (χ2v) is 5.70. The monoisotopic (exact) mass is 308 g/mol. The van der Waals surface area contributed by atoms with Gasteiger partial charge >= 0.3 is 5.97 Å². The van der Waals surface area contributed by atoms with Crippen LogP contribution in [-0.2, 0) is 4.79 Å². The molecule has 0 spiro atoms. The number of likely N-dealkylation sites (tertiary alicyclic amines) is 1. The van der Waals surface area contributed by atoms with Gasteiger partial charge in [0.1, 0.15) is 6.04 Å². The van der Waals surface area contributed by atoms with Gasteiger partial charge in [-0.2, -0.15) is 0 Å². The molecule has 1 amide bonds. The van der Waals surface area contributed by atoms with E-state index in [4.69, 9.17) is 9.63 Å². The smallest absolute Gasteiger partial charge is 0.326 e. The molecule has 1 fully saturated rings. The Kier molecular flexibility index (Phi) is 3.48. The fourth-order valence-electron chi connectivity index (χ4n) is 2.33. The number of nitrogens with zero attached hydrogens (tertiary/aromatic N) is 2. The van der Waals surface area contributed by atoms with E-state index in [2.05, 4.69) is 5.16 Å². The molecule has 2 aromatic rings. The molecule has 0 unspecified atom stereocenters. The highest BCUT2D eigenvalue weighted by Crippen LogP contribution is 2.27. The Morgan fingerprint density at radius 2 is 2.29 bits per heavy atom. The minimum Gasteiger partial charge on any atom is -0.480 e. The Balaban J connectivity index is 1.83. The number of carbonyl (C=O) groups is 2. The van der Waals surface area contributed by atoms with Gasteiger partial charge in [0.15, 0.2) is 11.5 Å². The highest BCUT2D eigenvalue weighted by atomic mass is 32.1. The lowest BCUT2D eigenvalue weighted by Crippen LogP contribution is -2.40. The number of rotatable bonds is 3. The number of carbonyl (C=O) groups excluding carboxylic acids is 1. The number of aliphatic hydroxyl groups excluding tert-OH is 1. The van der Waals surface area contributed by atoms with E-state index in [1.807, 2.05) is 17.5 Å². The van der Waals surface area contributed by atoms with E-state index in [0.29, 0.717) is 5.76 Å². The maximum Gasteiger partial charge on any atom is 0.326 e. The molecule has 1 aliphatic rings. The van der Waals surface area contributed by atoms with Gasteiger partial charge in [-0.25, -0.2) is 4.79 Å². The first-order valence-corrected chi connectivity index (χ1v) is 7.16. The molecule has 0 bridgehead atoms. The fourth-order valence-corrected chi connectivity index (χ4v) is 3.00. The van der Waals surface area contributed by atoms with Crippen LogP contribution < -0.4 is 0 Å². The van der Waals surface area contributed by atoms with Crippen LogP contribution in [-0.4, -0.2) is 50.8 Å². The summed E-state index contributed by atoms with van der Waals surface area (Å²) in [6, 6.07) is 4.13. The number of hydrogen-bond acceptors (Lipinski definition) is 6. The Morgan fingerprint density at radius 3 is 2.95 bits per heavy atom. The van der Waals surface area contributed by atoms with Crippen molar-refractivity contribution in [1.82, 2.24) is 10.1 Å². The van der Waals surface area contributed by atoms with Gasteiger partial charge in [0.05, 0.1) is 11.0 Å². The third-order valence-corrected chi connectivity index (χ3v) is 4.20. The normalized spacial score (nSPS) is 21.7. The first kappa shape index (κ1) is 13.8. The molecule has 3 heterocycles. The first-order chi connectivity index (χ1) is 10.1. The van der Waals surface area contributed by atoms with Gasteiger partial charge in [0.25, 0.3) is 5.91 Å². The first-order valence-electron chi connectivity index (χ1n) is 6.28. The highest BCUT2D eigenvalue weighted by Gasteiger charge is 2.40. The molecule has 8 heteroatoms. The van der Waals surface area contributed by atoms with Gasteiger partial charge in [-0.3, -0.25) is 4.79 Å². The lowest BCUT2D eigenvalue weighted by molar-refractivity contribution is -0.141. The summed E-state index contributed by atoms with van der Waals surface area (Å²) in [5, 5.41) is 24.2. The summed E-state index contributed by atoms with van der Waals surface area (Å²) in [7, 11) is 0. The van der Waals surface area contributed by atoms with Crippen molar-refractivity contribution in [2.75, 3.05) is 6.54 Å². The number of aliphatic carboxylic acids is 1. The van der Waals surface area contributed by atoms with E-state index in [1.165, 1.54) is 17.4 Å². The number of aromatic nitrogens is 1. The van der Waals surface area contributed by atoms with Crippen molar-refractivity contribution >= 4 is 23.2 Å². The molecule has 2 atom stereocenters. The Hall–Kier alpha value is -2.19.